The van der Waals surface area contributed by atoms with Gasteiger partial charge in [0, 0.05) is 10.8 Å². The van der Waals surface area contributed by atoms with Crippen molar-refractivity contribution in [3.05, 3.63) is 70.0 Å². The number of rotatable bonds is 7. The second kappa shape index (κ2) is 9.12. The maximum absolute atomic E-state index is 12.4. The number of amides is 1. The zero-order valence-electron chi connectivity index (χ0n) is 15.9. The number of aromatic nitrogens is 3. The van der Waals surface area contributed by atoms with E-state index in [-0.39, 0.29) is 12.5 Å². The van der Waals surface area contributed by atoms with Crippen LogP contribution in [-0.4, -0.2) is 27.4 Å². The lowest BCUT2D eigenvalue weighted by Crippen LogP contribution is -2.29. The molecule has 6 nitrogen and oxygen atoms in total. The Morgan fingerprint density at radius 1 is 1.14 bits per heavy atom. The Morgan fingerprint density at radius 2 is 1.82 bits per heavy atom. The molecule has 0 aliphatic carbocycles. The predicted molar refractivity (Wildman–Crippen MR) is 112 cm³/mol. The highest BCUT2D eigenvalue weighted by atomic mass is 35.5. The third kappa shape index (κ3) is 5.05. The molecule has 0 atom stereocenters. The van der Waals surface area contributed by atoms with Crippen molar-refractivity contribution < 1.29 is 9.53 Å². The fraction of sp³-hybridized carbons (Fsp3) is 0.250. The van der Waals surface area contributed by atoms with Gasteiger partial charge in [-0.15, -0.1) is 10.2 Å². The van der Waals surface area contributed by atoms with Crippen LogP contribution in [0.4, 0.5) is 0 Å². The summed E-state index contributed by atoms with van der Waals surface area (Å²) in [6.07, 6.45) is 0. The number of hydrogen-bond donors (Lipinski definition) is 1. The number of thioether (sulfide) groups is 1. The molecule has 2 aromatic carbocycles. The fourth-order valence-electron chi connectivity index (χ4n) is 2.58. The van der Waals surface area contributed by atoms with Gasteiger partial charge in [-0.05, 0) is 49.6 Å². The Hall–Kier alpha value is -2.51. The monoisotopic (exact) mass is 416 g/mol. The first-order chi connectivity index (χ1) is 13.4. The Labute approximate surface area is 173 Å². The lowest BCUT2D eigenvalue weighted by atomic mass is 10.1. The van der Waals surface area contributed by atoms with Crippen molar-refractivity contribution in [2.24, 2.45) is 0 Å². The first kappa shape index (κ1) is 20.2. The van der Waals surface area contributed by atoms with E-state index in [4.69, 9.17) is 16.3 Å². The van der Waals surface area contributed by atoms with Crippen LogP contribution in [0, 0.1) is 20.8 Å². The summed E-state index contributed by atoms with van der Waals surface area (Å²) in [5, 5.41) is 9.52. The van der Waals surface area contributed by atoms with E-state index in [9.17, 15) is 4.79 Å². The fourth-order valence-corrected chi connectivity index (χ4v) is 3.59. The number of carbonyl (C=O) groups is 1. The number of nitrogens with one attached hydrogen (secondary N) is 1. The van der Waals surface area contributed by atoms with Crippen LogP contribution in [0.3, 0.4) is 0 Å². The molecule has 146 valence electrons. The second-order valence-corrected chi connectivity index (χ2v) is 7.65. The van der Waals surface area contributed by atoms with E-state index in [0.29, 0.717) is 21.8 Å². The lowest BCUT2D eigenvalue weighted by molar-refractivity contribution is -0.119. The number of benzene rings is 2. The van der Waals surface area contributed by atoms with Gasteiger partial charge >= 0.3 is 0 Å². The molecule has 0 aliphatic heterocycles. The van der Waals surface area contributed by atoms with Crippen LogP contribution in [0.1, 0.15) is 22.5 Å². The molecule has 3 aromatic rings. The van der Waals surface area contributed by atoms with Gasteiger partial charge in [-0.2, -0.15) is 0 Å². The Bertz CT molecular complexity index is 953. The minimum absolute atomic E-state index is 0.124. The highest BCUT2D eigenvalue weighted by Crippen LogP contribution is 2.26. The summed E-state index contributed by atoms with van der Waals surface area (Å²) in [7, 11) is 0. The summed E-state index contributed by atoms with van der Waals surface area (Å²) < 4.78 is 7.19. The Morgan fingerprint density at radius 3 is 2.50 bits per heavy atom. The van der Waals surface area contributed by atoms with E-state index < -0.39 is 0 Å². The molecule has 0 aliphatic rings. The number of hydrogen-bond acceptors (Lipinski definition) is 5. The topological polar surface area (TPSA) is 69.0 Å². The van der Waals surface area contributed by atoms with Gasteiger partial charge in [-0.3, -0.25) is 10.2 Å². The van der Waals surface area contributed by atoms with E-state index in [1.165, 1.54) is 17.3 Å². The molecule has 0 saturated carbocycles. The average Bonchev–Trinajstić information content (AvgIpc) is 3.03. The molecule has 28 heavy (non-hydrogen) atoms. The summed E-state index contributed by atoms with van der Waals surface area (Å²) in [6.45, 7) is 5.46. The van der Waals surface area contributed by atoms with Gasteiger partial charge in [0.25, 0.3) is 5.91 Å². The van der Waals surface area contributed by atoms with Crippen molar-refractivity contribution in [2.75, 3.05) is 12.0 Å². The highest BCUT2D eigenvalue weighted by Gasteiger charge is 2.13. The van der Waals surface area contributed by atoms with Gasteiger partial charge in [0.2, 0.25) is 5.16 Å². The zero-order chi connectivity index (χ0) is 20.1. The van der Waals surface area contributed by atoms with Crippen LogP contribution < -0.4 is 10.2 Å². The molecule has 0 bridgehead atoms. The molecule has 1 N–H and O–H groups in total. The Balaban J connectivity index is 1.60. The van der Waals surface area contributed by atoms with Gasteiger partial charge in [0.1, 0.15) is 11.6 Å². The van der Waals surface area contributed by atoms with Crippen LogP contribution in [0.25, 0.3) is 0 Å². The molecule has 1 heterocycles. The van der Waals surface area contributed by atoms with Crippen molar-refractivity contribution in [1.29, 1.82) is 0 Å². The molecular formula is C20H21ClN4O2S. The third-order valence-electron chi connectivity index (χ3n) is 4.02. The molecule has 0 unspecified atom stereocenters. The second-order valence-electron chi connectivity index (χ2n) is 6.33. The lowest BCUT2D eigenvalue weighted by Gasteiger charge is -2.12. The third-order valence-corrected chi connectivity index (χ3v) is 5.62. The average molecular weight is 417 g/mol. The minimum Gasteiger partial charge on any atom is -0.484 e. The molecule has 1 aromatic heterocycles. The van der Waals surface area contributed by atoms with Crippen molar-refractivity contribution in [1.82, 2.24) is 14.9 Å². The molecule has 8 heteroatoms. The first-order valence-electron chi connectivity index (χ1n) is 8.72. The van der Waals surface area contributed by atoms with E-state index in [0.717, 1.165) is 16.9 Å². The maximum Gasteiger partial charge on any atom is 0.276 e. The summed E-state index contributed by atoms with van der Waals surface area (Å²) in [4.78, 5) is 12.4. The maximum atomic E-state index is 12.4. The summed E-state index contributed by atoms with van der Waals surface area (Å²) >= 11 is 7.66. The van der Waals surface area contributed by atoms with Crippen molar-refractivity contribution in [3.63, 3.8) is 0 Å². The number of carbonyl (C=O) groups excluding carboxylic acids is 1. The molecule has 0 spiro atoms. The van der Waals surface area contributed by atoms with Gasteiger partial charge in [0.15, 0.2) is 6.61 Å². The normalized spacial score (nSPS) is 10.7. The van der Waals surface area contributed by atoms with E-state index in [1.807, 2.05) is 56.3 Å². The zero-order valence-corrected chi connectivity index (χ0v) is 17.5. The molecular weight excluding hydrogens is 396 g/mol. The number of aryl methyl sites for hydroxylation is 3. The largest absolute Gasteiger partial charge is 0.484 e. The number of ether oxygens (including phenoxy) is 1. The van der Waals surface area contributed by atoms with E-state index >= 15 is 0 Å². The van der Waals surface area contributed by atoms with Gasteiger partial charge in [0.05, 0.1) is 0 Å². The van der Waals surface area contributed by atoms with Crippen LogP contribution in [0.15, 0.2) is 47.6 Å². The van der Waals surface area contributed by atoms with Crippen LogP contribution in [0.5, 0.6) is 5.75 Å². The van der Waals surface area contributed by atoms with Crippen molar-refractivity contribution >= 4 is 29.3 Å². The molecule has 0 radical (unpaired) electrons. The van der Waals surface area contributed by atoms with Gasteiger partial charge in [-0.1, -0.05) is 53.7 Å². The molecule has 3 rings (SSSR count). The smallest absolute Gasteiger partial charge is 0.276 e. The molecule has 0 saturated heterocycles. The first-order valence-corrected chi connectivity index (χ1v) is 10.1. The molecule has 1 amide bonds. The van der Waals surface area contributed by atoms with Gasteiger partial charge in [-0.25, -0.2) is 4.68 Å². The summed E-state index contributed by atoms with van der Waals surface area (Å²) in [5.74, 6) is 1.64. The summed E-state index contributed by atoms with van der Waals surface area (Å²) in [5.41, 5.74) is 5.77. The van der Waals surface area contributed by atoms with Crippen LogP contribution in [0.2, 0.25) is 5.02 Å². The van der Waals surface area contributed by atoms with Crippen LogP contribution in [-0.2, 0) is 10.5 Å². The van der Waals surface area contributed by atoms with Crippen molar-refractivity contribution in [2.45, 2.75) is 31.7 Å². The SMILES string of the molecule is Cc1cc(OCC(=O)Nn2c(C)nnc2SCc2ccccc2)cc(C)c1Cl. The minimum atomic E-state index is -0.297. The number of halogens is 1. The molecule has 0 fully saturated rings. The highest BCUT2D eigenvalue weighted by molar-refractivity contribution is 7.98. The van der Waals surface area contributed by atoms with E-state index in [2.05, 4.69) is 15.6 Å². The van der Waals surface area contributed by atoms with Crippen LogP contribution >= 0.6 is 23.4 Å². The Kier molecular flexibility index (Phi) is 6.59. The standard InChI is InChI=1S/C20H21ClN4O2S/c1-13-9-17(10-14(2)19(13)21)27-11-18(26)24-25-15(3)22-23-20(25)28-12-16-7-5-4-6-8-16/h4-10H,11-12H2,1-3H3,(H,24,26). The predicted octanol–water partition coefficient (Wildman–Crippen LogP) is 4.30. The van der Waals surface area contributed by atoms with Gasteiger partial charge < -0.3 is 4.74 Å². The van der Waals surface area contributed by atoms with E-state index in [1.54, 1.807) is 11.6 Å². The van der Waals surface area contributed by atoms with Crippen molar-refractivity contribution in [3.8, 4) is 5.75 Å². The quantitative estimate of drug-likeness (QED) is 0.581. The number of nitrogens with zero attached hydrogens (tertiary/aromatic N) is 3. The summed E-state index contributed by atoms with van der Waals surface area (Å²) in [6, 6.07) is 13.7.